The molecule has 0 aromatic rings. The average molecular weight is 233 g/mol. The van der Waals surface area contributed by atoms with Gasteiger partial charge in [-0.05, 0) is 31.3 Å². The summed E-state index contributed by atoms with van der Waals surface area (Å²) in [6.07, 6.45) is 2.17. The van der Waals surface area contributed by atoms with Crippen molar-refractivity contribution in [3.63, 3.8) is 0 Å². The van der Waals surface area contributed by atoms with E-state index in [9.17, 15) is 4.21 Å². The summed E-state index contributed by atoms with van der Waals surface area (Å²) in [5.41, 5.74) is 0. The van der Waals surface area contributed by atoms with Crippen LogP contribution in [0.2, 0.25) is 0 Å². The first-order valence-electron chi connectivity index (χ1n) is 6.12. The van der Waals surface area contributed by atoms with Crippen LogP contribution < -0.4 is 5.32 Å². The van der Waals surface area contributed by atoms with Crippen LogP contribution in [0, 0.1) is 11.8 Å². The molecular formula is C12H27NOS. The zero-order valence-corrected chi connectivity index (χ0v) is 11.5. The van der Waals surface area contributed by atoms with E-state index in [1.165, 1.54) is 0 Å². The molecule has 92 valence electrons. The van der Waals surface area contributed by atoms with E-state index in [2.05, 4.69) is 33.0 Å². The van der Waals surface area contributed by atoms with Gasteiger partial charge in [0.15, 0.2) is 0 Å². The van der Waals surface area contributed by atoms with Crippen molar-refractivity contribution in [2.45, 2.75) is 40.5 Å². The van der Waals surface area contributed by atoms with Crippen molar-refractivity contribution in [1.82, 2.24) is 5.32 Å². The molecule has 0 heterocycles. The highest BCUT2D eigenvalue weighted by Gasteiger charge is 2.05. The van der Waals surface area contributed by atoms with Crippen LogP contribution in [-0.2, 0) is 10.8 Å². The summed E-state index contributed by atoms with van der Waals surface area (Å²) < 4.78 is 11.6. The number of nitrogens with one attached hydrogen (secondary N) is 1. The van der Waals surface area contributed by atoms with Crippen LogP contribution >= 0.6 is 0 Å². The molecule has 0 aliphatic rings. The van der Waals surface area contributed by atoms with Crippen molar-refractivity contribution in [3.8, 4) is 0 Å². The maximum atomic E-state index is 11.6. The Kier molecular flexibility index (Phi) is 9.41. The highest BCUT2D eigenvalue weighted by Crippen LogP contribution is 2.03. The third kappa shape index (κ3) is 10.4. The Morgan fingerprint density at radius 1 is 1.27 bits per heavy atom. The van der Waals surface area contributed by atoms with Crippen molar-refractivity contribution < 1.29 is 4.21 Å². The summed E-state index contributed by atoms with van der Waals surface area (Å²) in [4.78, 5) is 0. The molecule has 2 atom stereocenters. The van der Waals surface area contributed by atoms with Gasteiger partial charge in [0.05, 0.1) is 0 Å². The molecule has 0 aromatic heterocycles. The summed E-state index contributed by atoms with van der Waals surface area (Å²) in [5, 5.41) is 3.37. The third-order valence-corrected chi connectivity index (χ3v) is 4.13. The lowest BCUT2D eigenvalue weighted by Crippen LogP contribution is -2.22. The van der Waals surface area contributed by atoms with E-state index in [0.29, 0.717) is 11.8 Å². The minimum atomic E-state index is -0.604. The maximum Gasteiger partial charge on any atom is 0.0260 e. The average Bonchev–Trinajstić information content (AvgIpc) is 2.16. The second kappa shape index (κ2) is 9.34. The standard InChI is InChI=1S/C12H27NOS/c1-5-12(4)10-15(14)8-6-7-13-9-11(2)3/h11-13H,5-10H2,1-4H3. The van der Waals surface area contributed by atoms with Crippen LogP contribution in [0.5, 0.6) is 0 Å². The lowest BCUT2D eigenvalue weighted by molar-refractivity contribution is 0.550. The monoisotopic (exact) mass is 233 g/mol. The lowest BCUT2D eigenvalue weighted by Gasteiger charge is -2.09. The largest absolute Gasteiger partial charge is 0.316 e. The van der Waals surface area contributed by atoms with Gasteiger partial charge in [0, 0.05) is 22.3 Å². The number of hydrogen-bond acceptors (Lipinski definition) is 2. The van der Waals surface area contributed by atoms with Crippen LogP contribution in [0.15, 0.2) is 0 Å². The molecule has 0 amide bonds. The van der Waals surface area contributed by atoms with Gasteiger partial charge in [0.1, 0.15) is 0 Å². The molecule has 0 aliphatic carbocycles. The van der Waals surface area contributed by atoms with E-state index in [4.69, 9.17) is 0 Å². The summed E-state index contributed by atoms with van der Waals surface area (Å²) in [5.74, 6) is 3.04. The Labute approximate surface area is 97.7 Å². The Balaban J connectivity index is 3.31. The number of hydrogen-bond donors (Lipinski definition) is 1. The Morgan fingerprint density at radius 2 is 1.93 bits per heavy atom. The summed E-state index contributed by atoms with van der Waals surface area (Å²) in [6, 6.07) is 0. The van der Waals surface area contributed by atoms with Gasteiger partial charge in [-0.25, -0.2) is 0 Å². The van der Waals surface area contributed by atoms with Gasteiger partial charge in [-0.15, -0.1) is 0 Å². The first kappa shape index (κ1) is 15.1. The Morgan fingerprint density at radius 3 is 2.47 bits per heavy atom. The van der Waals surface area contributed by atoms with E-state index in [1.807, 2.05) is 0 Å². The second-order valence-corrected chi connectivity index (χ2v) is 6.40. The number of rotatable bonds is 9. The van der Waals surface area contributed by atoms with E-state index in [0.717, 1.165) is 37.4 Å². The van der Waals surface area contributed by atoms with E-state index >= 15 is 0 Å². The zero-order valence-electron chi connectivity index (χ0n) is 10.7. The fourth-order valence-corrected chi connectivity index (χ4v) is 2.77. The van der Waals surface area contributed by atoms with E-state index in [-0.39, 0.29) is 0 Å². The van der Waals surface area contributed by atoms with Crippen molar-refractivity contribution in [2.75, 3.05) is 24.6 Å². The Bertz CT molecular complexity index is 171. The van der Waals surface area contributed by atoms with Gasteiger partial charge in [0.25, 0.3) is 0 Å². The summed E-state index contributed by atoms with van der Waals surface area (Å²) >= 11 is 0. The quantitative estimate of drug-likeness (QED) is 0.620. The molecule has 0 saturated carbocycles. The molecule has 2 nitrogen and oxygen atoms in total. The minimum absolute atomic E-state index is 0.604. The molecule has 0 saturated heterocycles. The molecule has 2 unspecified atom stereocenters. The molecule has 0 radical (unpaired) electrons. The molecule has 0 aromatic carbocycles. The van der Waals surface area contributed by atoms with E-state index < -0.39 is 10.8 Å². The van der Waals surface area contributed by atoms with Gasteiger partial charge >= 0.3 is 0 Å². The SMILES string of the molecule is CCC(C)CS(=O)CCCNCC(C)C. The van der Waals surface area contributed by atoms with Crippen LogP contribution in [0.4, 0.5) is 0 Å². The fourth-order valence-electron chi connectivity index (χ4n) is 1.27. The normalized spacial score (nSPS) is 15.5. The van der Waals surface area contributed by atoms with Crippen LogP contribution in [0.25, 0.3) is 0 Å². The molecule has 0 rings (SSSR count). The smallest absolute Gasteiger partial charge is 0.0260 e. The highest BCUT2D eigenvalue weighted by molar-refractivity contribution is 7.84. The topological polar surface area (TPSA) is 29.1 Å². The molecule has 0 spiro atoms. The van der Waals surface area contributed by atoms with Crippen molar-refractivity contribution in [1.29, 1.82) is 0 Å². The molecule has 0 bridgehead atoms. The second-order valence-electron chi connectivity index (χ2n) is 4.78. The molecule has 1 N–H and O–H groups in total. The van der Waals surface area contributed by atoms with Crippen LogP contribution in [0.3, 0.4) is 0 Å². The predicted molar refractivity (Wildman–Crippen MR) is 69.7 cm³/mol. The van der Waals surface area contributed by atoms with Crippen molar-refractivity contribution in [3.05, 3.63) is 0 Å². The Hall–Kier alpha value is 0.110. The first-order chi connectivity index (χ1) is 7.06. The third-order valence-electron chi connectivity index (χ3n) is 2.45. The highest BCUT2D eigenvalue weighted by atomic mass is 32.2. The van der Waals surface area contributed by atoms with Crippen molar-refractivity contribution in [2.24, 2.45) is 11.8 Å². The van der Waals surface area contributed by atoms with Crippen LogP contribution in [0.1, 0.15) is 40.5 Å². The van der Waals surface area contributed by atoms with Gasteiger partial charge in [-0.3, -0.25) is 4.21 Å². The molecule has 15 heavy (non-hydrogen) atoms. The van der Waals surface area contributed by atoms with Gasteiger partial charge in [-0.2, -0.15) is 0 Å². The summed E-state index contributed by atoms with van der Waals surface area (Å²) in [6.45, 7) is 10.8. The van der Waals surface area contributed by atoms with E-state index in [1.54, 1.807) is 0 Å². The molecular weight excluding hydrogens is 206 g/mol. The van der Waals surface area contributed by atoms with Gasteiger partial charge in [-0.1, -0.05) is 34.1 Å². The fraction of sp³-hybridized carbons (Fsp3) is 1.00. The van der Waals surface area contributed by atoms with Crippen LogP contribution in [-0.4, -0.2) is 28.8 Å². The maximum absolute atomic E-state index is 11.6. The minimum Gasteiger partial charge on any atom is -0.316 e. The molecule has 0 aliphatic heterocycles. The van der Waals surface area contributed by atoms with Gasteiger partial charge < -0.3 is 5.32 Å². The van der Waals surface area contributed by atoms with Crippen molar-refractivity contribution >= 4 is 10.8 Å². The molecule has 3 heteroatoms. The summed E-state index contributed by atoms with van der Waals surface area (Å²) in [7, 11) is -0.604. The predicted octanol–water partition coefficient (Wildman–Crippen LogP) is 2.42. The zero-order chi connectivity index (χ0) is 11.7. The lowest BCUT2D eigenvalue weighted by atomic mass is 10.2. The van der Waals surface area contributed by atoms with Gasteiger partial charge in [0.2, 0.25) is 0 Å². The first-order valence-corrected chi connectivity index (χ1v) is 7.60. The molecule has 0 fully saturated rings.